The van der Waals surface area contributed by atoms with Gasteiger partial charge in [0, 0.05) is 31.6 Å². The van der Waals surface area contributed by atoms with Crippen molar-refractivity contribution in [3.8, 4) is 0 Å². The maximum absolute atomic E-state index is 12.6. The van der Waals surface area contributed by atoms with E-state index in [1.54, 1.807) is 23.3 Å². The van der Waals surface area contributed by atoms with Crippen LogP contribution in [-0.2, 0) is 16.0 Å². The molecule has 7 heteroatoms. The third-order valence-electron chi connectivity index (χ3n) is 4.51. The molecule has 2 amide bonds. The van der Waals surface area contributed by atoms with Gasteiger partial charge >= 0.3 is 6.09 Å². The van der Waals surface area contributed by atoms with Gasteiger partial charge in [0.2, 0.25) is 5.91 Å². The van der Waals surface area contributed by atoms with Gasteiger partial charge in [0.25, 0.3) is 0 Å². The summed E-state index contributed by atoms with van der Waals surface area (Å²) < 4.78 is 5.53. The molecule has 3 heterocycles. The van der Waals surface area contributed by atoms with Gasteiger partial charge in [0.1, 0.15) is 11.6 Å². The fourth-order valence-electron chi connectivity index (χ4n) is 3.44. The number of hydrogen-bond acceptors (Lipinski definition) is 5. The fourth-order valence-corrected chi connectivity index (χ4v) is 4.50. The summed E-state index contributed by atoms with van der Waals surface area (Å²) in [5.74, 6) is -0.0479. The van der Waals surface area contributed by atoms with Crippen molar-refractivity contribution in [2.75, 3.05) is 26.7 Å². The molecule has 1 N–H and O–H groups in total. The highest BCUT2D eigenvalue weighted by molar-refractivity contribution is 7.10. The lowest BCUT2D eigenvalue weighted by atomic mass is 9.95. The predicted molar refractivity (Wildman–Crippen MR) is 93.1 cm³/mol. The number of rotatable bonds is 1. The summed E-state index contributed by atoms with van der Waals surface area (Å²) in [6.45, 7) is 7.34. The van der Waals surface area contributed by atoms with Crippen molar-refractivity contribution in [3.05, 3.63) is 21.9 Å². The minimum absolute atomic E-state index is 0.0479. The van der Waals surface area contributed by atoms with Gasteiger partial charge in [-0.15, -0.1) is 11.3 Å². The number of carbonyl (C=O) groups is 2. The Morgan fingerprint density at radius 2 is 2.08 bits per heavy atom. The van der Waals surface area contributed by atoms with E-state index >= 15 is 0 Å². The van der Waals surface area contributed by atoms with Crippen molar-refractivity contribution in [1.29, 1.82) is 0 Å². The smallest absolute Gasteiger partial charge is 0.410 e. The van der Waals surface area contributed by atoms with Crippen LogP contribution in [0.25, 0.3) is 0 Å². The van der Waals surface area contributed by atoms with E-state index in [0.29, 0.717) is 13.1 Å². The van der Waals surface area contributed by atoms with E-state index in [2.05, 4.69) is 21.7 Å². The van der Waals surface area contributed by atoms with Gasteiger partial charge in [-0.3, -0.25) is 9.69 Å². The second-order valence-corrected chi connectivity index (χ2v) is 8.28. The molecule has 0 bridgehead atoms. The number of nitrogens with one attached hydrogen (secondary N) is 1. The van der Waals surface area contributed by atoms with Crippen LogP contribution < -0.4 is 5.32 Å². The lowest BCUT2D eigenvalue weighted by molar-refractivity contribution is -0.130. The van der Waals surface area contributed by atoms with Crippen LogP contribution in [0, 0.1) is 0 Å². The molecular formula is C17H25N3O3S. The number of likely N-dealkylation sites (N-methyl/N-ethyl adjacent to an activating group) is 1. The van der Waals surface area contributed by atoms with Crippen molar-refractivity contribution >= 4 is 23.3 Å². The molecule has 0 spiro atoms. The molecule has 2 aliphatic heterocycles. The topological polar surface area (TPSA) is 61.9 Å². The Bertz CT molecular complexity index is 637. The second-order valence-electron chi connectivity index (χ2n) is 7.33. The lowest BCUT2D eigenvalue weighted by Crippen LogP contribution is -2.62. The predicted octanol–water partition coefficient (Wildman–Crippen LogP) is 2.01. The lowest BCUT2D eigenvalue weighted by Gasteiger charge is -2.47. The van der Waals surface area contributed by atoms with Crippen LogP contribution in [-0.4, -0.2) is 60.1 Å². The number of hydrogen-bond donors (Lipinski definition) is 1. The molecule has 1 aromatic rings. The zero-order chi connectivity index (χ0) is 17.5. The van der Waals surface area contributed by atoms with Crippen LogP contribution in [0.15, 0.2) is 11.4 Å². The number of nitrogens with zero attached hydrogens (tertiary/aromatic N) is 2. The van der Waals surface area contributed by atoms with Gasteiger partial charge in [0.05, 0.1) is 6.04 Å². The van der Waals surface area contributed by atoms with E-state index in [0.717, 1.165) is 13.0 Å². The first-order valence-corrected chi connectivity index (χ1v) is 9.19. The maximum Gasteiger partial charge on any atom is 0.410 e. The molecule has 1 saturated heterocycles. The van der Waals surface area contributed by atoms with E-state index in [-0.39, 0.29) is 24.1 Å². The largest absolute Gasteiger partial charge is 0.444 e. The molecule has 1 fully saturated rings. The van der Waals surface area contributed by atoms with E-state index in [1.807, 2.05) is 20.8 Å². The minimum Gasteiger partial charge on any atom is -0.444 e. The zero-order valence-electron chi connectivity index (χ0n) is 14.7. The maximum atomic E-state index is 12.6. The molecule has 2 unspecified atom stereocenters. The minimum atomic E-state index is -0.544. The van der Waals surface area contributed by atoms with Crippen molar-refractivity contribution in [1.82, 2.24) is 15.1 Å². The van der Waals surface area contributed by atoms with Crippen LogP contribution in [0.1, 0.15) is 37.3 Å². The van der Waals surface area contributed by atoms with Crippen molar-refractivity contribution < 1.29 is 14.3 Å². The highest BCUT2D eigenvalue weighted by Crippen LogP contribution is 2.38. The fraction of sp³-hybridized carbons (Fsp3) is 0.647. The summed E-state index contributed by atoms with van der Waals surface area (Å²) in [4.78, 5) is 30.1. The molecule has 0 radical (unpaired) electrons. The number of thiophene rings is 1. The average Bonchev–Trinajstić information content (AvgIpc) is 3.00. The van der Waals surface area contributed by atoms with Crippen molar-refractivity contribution in [2.45, 2.75) is 44.9 Å². The second kappa shape index (κ2) is 6.37. The molecule has 1 aromatic heterocycles. The van der Waals surface area contributed by atoms with Gasteiger partial charge in [-0.1, -0.05) is 0 Å². The first-order valence-electron chi connectivity index (χ1n) is 8.31. The summed E-state index contributed by atoms with van der Waals surface area (Å²) in [5.41, 5.74) is 0.792. The molecule has 24 heavy (non-hydrogen) atoms. The summed E-state index contributed by atoms with van der Waals surface area (Å²) >= 11 is 1.71. The number of carbonyl (C=O) groups excluding carboxylic acids is 2. The highest BCUT2D eigenvalue weighted by atomic mass is 32.1. The Labute approximate surface area is 146 Å². The quantitative estimate of drug-likeness (QED) is 0.841. The summed E-state index contributed by atoms with van der Waals surface area (Å²) in [6, 6.07) is 1.88. The van der Waals surface area contributed by atoms with Crippen LogP contribution in [0.3, 0.4) is 0 Å². The normalized spacial score (nSPS) is 24.1. The molecule has 0 aromatic carbocycles. The molecule has 6 nitrogen and oxygen atoms in total. The average molecular weight is 351 g/mol. The third kappa shape index (κ3) is 3.28. The van der Waals surface area contributed by atoms with E-state index in [1.165, 1.54) is 10.4 Å². The van der Waals surface area contributed by atoms with Crippen LogP contribution in [0.4, 0.5) is 4.79 Å². The molecular weight excluding hydrogens is 326 g/mol. The molecule has 0 aliphatic carbocycles. The zero-order valence-corrected chi connectivity index (χ0v) is 15.5. The van der Waals surface area contributed by atoms with Crippen molar-refractivity contribution in [2.24, 2.45) is 0 Å². The van der Waals surface area contributed by atoms with Crippen LogP contribution in [0.2, 0.25) is 0 Å². The van der Waals surface area contributed by atoms with Crippen LogP contribution >= 0.6 is 11.3 Å². The monoisotopic (exact) mass is 351 g/mol. The SMILES string of the molecule is CNC(=O)C1CN(C(=O)OC(C)(C)C)CC2c3sccc3CCN12. The Balaban J connectivity index is 1.88. The Morgan fingerprint density at radius 1 is 1.33 bits per heavy atom. The first-order chi connectivity index (χ1) is 11.3. The van der Waals surface area contributed by atoms with Gasteiger partial charge in [0.15, 0.2) is 0 Å². The van der Waals surface area contributed by atoms with Gasteiger partial charge < -0.3 is 15.0 Å². The summed E-state index contributed by atoms with van der Waals surface area (Å²) in [6.07, 6.45) is 0.606. The molecule has 0 saturated carbocycles. The Morgan fingerprint density at radius 3 is 2.75 bits per heavy atom. The number of fused-ring (bicyclic) bond motifs is 3. The first kappa shape index (κ1) is 17.2. The van der Waals surface area contributed by atoms with Crippen molar-refractivity contribution in [3.63, 3.8) is 0 Å². The Kier molecular flexibility index (Phi) is 4.57. The van der Waals surface area contributed by atoms with Gasteiger partial charge in [-0.25, -0.2) is 4.79 Å². The standard InChI is InChI=1S/C17H25N3O3S/c1-17(2,3)23-16(22)19-9-12-14-11(6-8-24-14)5-7-20(12)13(10-19)15(21)18-4/h6,8,12-13H,5,7,9-10H2,1-4H3,(H,18,21). The van der Waals surface area contributed by atoms with Gasteiger partial charge in [-0.05, 0) is 44.2 Å². The molecule has 2 atom stereocenters. The molecule has 2 aliphatic rings. The highest BCUT2D eigenvalue weighted by Gasteiger charge is 2.44. The van der Waals surface area contributed by atoms with Crippen LogP contribution in [0.5, 0.6) is 0 Å². The van der Waals surface area contributed by atoms with Gasteiger partial charge in [-0.2, -0.15) is 0 Å². The number of piperazine rings is 1. The van der Waals surface area contributed by atoms with E-state index in [9.17, 15) is 9.59 Å². The summed E-state index contributed by atoms with van der Waals surface area (Å²) in [7, 11) is 1.64. The van der Waals surface area contributed by atoms with E-state index < -0.39 is 5.60 Å². The number of ether oxygens (including phenoxy) is 1. The molecule has 132 valence electrons. The number of amides is 2. The summed E-state index contributed by atoms with van der Waals surface area (Å²) in [5, 5.41) is 4.83. The Hall–Kier alpha value is -1.60. The molecule has 3 rings (SSSR count). The third-order valence-corrected chi connectivity index (χ3v) is 5.57. The van der Waals surface area contributed by atoms with E-state index in [4.69, 9.17) is 4.74 Å².